The molecule has 0 amide bonds. The van der Waals surface area contributed by atoms with Gasteiger partial charge in [-0.3, -0.25) is 9.88 Å². The molecule has 1 aromatic heterocycles. The molecule has 0 aliphatic heterocycles. The van der Waals surface area contributed by atoms with Crippen LogP contribution in [0.2, 0.25) is 5.02 Å². The smallest absolute Gasteiger partial charge is 0.146 e. The van der Waals surface area contributed by atoms with Crippen LogP contribution in [0.1, 0.15) is 17.2 Å². The third-order valence-corrected chi connectivity index (χ3v) is 3.89. The maximum atomic E-state index is 14.1. The van der Waals surface area contributed by atoms with Crippen LogP contribution in [0.4, 0.5) is 4.39 Å². The quantitative estimate of drug-likeness (QED) is 0.892. The monoisotopic (exact) mass is 307 g/mol. The summed E-state index contributed by atoms with van der Waals surface area (Å²) in [6.45, 7) is 1.11. The Kier molecular flexibility index (Phi) is 5.67. The minimum atomic E-state index is -0.384. The molecule has 21 heavy (non-hydrogen) atoms. The second-order valence-corrected chi connectivity index (χ2v) is 5.39. The number of nitrogens with zero attached hydrogens (tertiary/aromatic N) is 2. The van der Waals surface area contributed by atoms with Gasteiger partial charge in [-0.05, 0) is 37.2 Å². The van der Waals surface area contributed by atoms with Gasteiger partial charge in [-0.1, -0.05) is 23.7 Å². The molecular weight excluding hydrogens is 289 g/mol. The number of hydrogen-bond donors (Lipinski definition) is 1. The minimum Gasteiger partial charge on any atom is -0.329 e. The van der Waals surface area contributed by atoms with Crippen molar-refractivity contribution in [2.24, 2.45) is 5.73 Å². The van der Waals surface area contributed by atoms with Crippen LogP contribution in [0, 0.1) is 5.82 Å². The van der Waals surface area contributed by atoms with E-state index in [1.54, 1.807) is 30.6 Å². The van der Waals surface area contributed by atoms with Gasteiger partial charge in [-0.25, -0.2) is 4.39 Å². The lowest BCUT2D eigenvalue weighted by Gasteiger charge is -2.27. The fraction of sp³-hybridized carbons (Fsp3) is 0.312. The van der Waals surface area contributed by atoms with E-state index in [9.17, 15) is 4.39 Å². The third-order valence-electron chi connectivity index (χ3n) is 3.60. The molecule has 0 saturated carbocycles. The third kappa shape index (κ3) is 4.00. The number of hydrogen-bond acceptors (Lipinski definition) is 3. The van der Waals surface area contributed by atoms with E-state index < -0.39 is 0 Å². The average Bonchev–Trinajstić information content (AvgIpc) is 2.51. The van der Waals surface area contributed by atoms with E-state index >= 15 is 0 Å². The highest BCUT2D eigenvalue weighted by atomic mass is 35.5. The van der Waals surface area contributed by atoms with E-state index in [1.165, 1.54) is 5.56 Å². The summed E-state index contributed by atoms with van der Waals surface area (Å²) < 4.78 is 14.1. The van der Waals surface area contributed by atoms with Crippen LogP contribution < -0.4 is 5.73 Å². The second-order valence-electron chi connectivity index (χ2n) is 4.98. The highest BCUT2D eigenvalue weighted by Crippen LogP contribution is 2.26. The zero-order chi connectivity index (χ0) is 15.2. The van der Waals surface area contributed by atoms with Gasteiger partial charge in [0.2, 0.25) is 0 Å². The number of rotatable bonds is 6. The second kappa shape index (κ2) is 7.50. The molecule has 5 heteroatoms. The molecule has 2 rings (SSSR count). The molecule has 0 bridgehead atoms. The van der Waals surface area contributed by atoms with Crippen LogP contribution in [-0.4, -0.2) is 30.0 Å². The number of likely N-dealkylation sites (N-methyl/N-ethyl adjacent to an activating group) is 1. The van der Waals surface area contributed by atoms with Gasteiger partial charge in [0.25, 0.3) is 0 Å². The molecule has 112 valence electrons. The zero-order valence-corrected chi connectivity index (χ0v) is 12.7. The Hall–Kier alpha value is -1.49. The fourth-order valence-corrected chi connectivity index (χ4v) is 2.51. The lowest BCUT2D eigenvalue weighted by Crippen LogP contribution is -2.32. The van der Waals surface area contributed by atoms with Gasteiger partial charge in [-0.2, -0.15) is 0 Å². The van der Waals surface area contributed by atoms with E-state index in [-0.39, 0.29) is 16.9 Å². The number of nitrogens with two attached hydrogens (primary N) is 1. The predicted octanol–water partition coefficient (Wildman–Crippen LogP) is 3.05. The van der Waals surface area contributed by atoms with E-state index in [1.807, 2.05) is 19.2 Å². The topological polar surface area (TPSA) is 42.2 Å². The molecule has 1 heterocycles. The number of aromatic nitrogens is 1. The summed E-state index contributed by atoms with van der Waals surface area (Å²) in [5.74, 6) is -0.384. The molecule has 0 aliphatic carbocycles. The SMILES string of the molecule is CN(CCc1ccncc1)C(CN)c1cccc(Cl)c1F. The molecule has 2 aromatic rings. The Morgan fingerprint density at radius 2 is 2.00 bits per heavy atom. The van der Waals surface area contributed by atoms with Crippen LogP contribution in [0.15, 0.2) is 42.7 Å². The van der Waals surface area contributed by atoms with Crippen LogP contribution in [0.25, 0.3) is 0 Å². The lowest BCUT2D eigenvalue weighted by molar-refractivity contribution is 0.248. The van der Waals surface area contributed by atoms with Gasteiger partial charge >= 0.3 is 0 Å². The van der Waals surface area contributed by atoms with Crippen molar-refractivity contribution in [1.82, 2.24) is 9.88 Å². The highest BCUT2D eigenvalue weighted by Gasteiger charge is 2.20. The van der Waals surface area contributed by atoms with Crippen molar-refractivity contribution in [2.45, 2.75) is 12.5 Å². The van der Waals surface area contributed by atoms with Gasteiger partial charge < -0.3 is 5.73 Å². The van der Waals surface area contributed by atoms with Crippen molar-refractivity contribution in [3.63, 3.8) is 0 Å². The van der Waals surface area contributed by atoms with Crippen LogP contribution in [0.3, 0.4) is 0 Å². The molecule has 0 fully saturated rings. The largest absolute Gasteiger partial charge is 0.329 e. The van der Waals surface area contributed by atoms with Gasteiger partial charge in [0.15, 0.2) is 0 Å². The van der Waals surface area contributed by atoms with E-state index in [0.717, 1.165) is 13.0 Å². The van der Waals surface area contributed by atoms with Gasteiger partial charge in [0, 0.05) is 37.1 Å². The molecule has 3 nitrogen and oxygen atoms in total. The van der Waals surface area contributed by atoms with Crippen molar-refractivity contribution >= 4 is 11.6 Å². The maximum Gasteiger partial charge on any atom is 0.146 e. The molecule has 1 atom stereocenters. The first-order valence-electron chi connectivity index (χ1n) is 6.86. The number of halogens is 2. The van der Waals surface area contributed by atoms with E-state index in [2.05, 4.69) is 9.88 Å². The first kappa shape index (κ1) is 15.9. The first-order valence-corrected chi connectivity index (χ1v) is 7.24. The van der Waals surface area contributed by atoms with Crippen molar-refractivity contribution in [3.8, 4) is 0 Å². The Morgan fingerprint density at radius 1 is 1.29 bits per heavy atom. The van der Waals surface area contributed by atoms with Crippen molar-refractivity contribution in [3.05, 3.63) is 64.7 Å². The normalized spacial score (nSPS) is 12.6. The first-order chi connectivity index (χ1) is 10.1. The van der Waals surface area contributed by atoms with E-state index in [4.69, 9.17) is 17.3 Å². The molecule has 1 aromatic carbocycles. The summed E-state index contributed by atoms with van der Waals surface area (Å²) in [4.78, 5) is 6.05. The molecule has 0 radical (unpaired) electrons. The van der Waals surface area contributed by atoms with Gasteiger partial charge in [-0.15, -0.1) is 0 Å². The highest BCUT2D eigenvalue weighted by molar-refractivity contribution is 6.30. The molecule has 0 aliphatic rings. The summed E-state index contributed by atoms with van der Waals surface area (Å²) >= 11 is 5.85. The molecular formula is C16H19ClFN3. The lowest BCUT2D eigenvalue weighted by atomic mass is 10.0. The summed E-state index contributed by atoms with van der Waals surface area (Å²) in [6, 6.07) is 8.80. The van der Waals surface area contributed by atoms with Crippen molar-refractivity contribution in [2.75, 3.05) is 20.1 Å². The molecule has 1 unspecified atom stereocenters. The Morgan fingerprint density at radius 3 is 2.67 bits per heavy atom. The van der Waals surface area contributed by atoms with E-state index in [0.29, 0.717) is 12.1 Å². The average molecular weight is 308 g/mol. The summed E-state index contributed by atoms with van der Waals surface area (Å²) in [5.41, 5.74) is 7.57. The van der Waals surface area contributed by atoms with Crippen LogP contribution in [0.5, 0.6) is 0 Å². The fourth-order valence-electron chi connectivity index (χ4n) is 2.33. The Bertz CT molecular complexity index is 577. The minimum absolute atomic E-state index is 0.133. The maximum absolute atomic E-state index is 14.1. The van der Waals surface area contributed by atoms with Crippen LogP contribution >= 0.6 is 11.6 Å². The predicted molar refractivity (Wildman–Crippen MR) is 83.8 cm³/mol. The molecule has 0 saturated heterocycles. The molecule has 2 N–H and O–H groups in total. The standard InChI is InChI=1S/C16H19ClFN3/c1-21(10-7-12-5-8-20-9-6-12)15(11-19)13-3-2-4-14(17)16(13)18/h2-6,8-9,15H,7,10-11,19H2,1H3. The summed E-state index contributed by atoms with van der Waals surface area (Å²) in [7, 11) is 1.94. The Labute approximate surface area is 129 Å². The van der Waals surface area contributed by atoms with Crippen molar-refractivity contribution in [1.29, 1.82) is 0 Å². The molecule has 0 spiro atoms. The zero-order valence-electron chi connectivity index (χ0n) is 12.0. The van der Waals surface area contributed by atoms with Crippen molar-refractivity contribution < 1.29 is 4.39 Å². The number of benzene rings is 1. The Balaban J connectivity index is 2.08. The summed E-state index contributed by atoms with van der Waals surface area (Å²) in [6.07, 6.45) is 4.40. The van der Waals surface area contributed by atoms with Gasteiger partial charge in [0.1, 0.15) is 5.82 Å². The summed E-state index contributed by atoms with van der Waals surface area (Å²) in [5, 5.41) is 0.133. The van der Waals surface area contributed by atoms with Crippen LogP contribution in [-0.2, 0) is 6.42 Å². The number of pyridine rings is 1. The van der Waals surface area contributed by atoms with Gasteiger partial charge in [0.05, 0.1) is 5.02 Å².